The van der Waals surface area contributed by atoms with Crippen LogP contribution in [0.1, 0.15) is 30.4 Å². The van der Waals surface area contributed by atoms with Gasteiger partial charge >= 0.3 is 0 Å². The average molecular weight is 389 g/mol. The van der Waals surface area contributed by atoms with E-state index in [4.69, 9.17) is 10.5 Å². The first-order valence-corrected chi connectivity index (χ1v) is 6.91. The Morgan fingerprint density at radius 3 is 2.65 bits per heavy atom. The lowest BCUT2D eigenvalue weighted by molar-refractivity contribution is 0.185. The quantitative estimate of drug-likeness (QED) is 0.490. The summed E-state index contributed by atoms with van der Waals surface area (Å²) >= 11 is 0. The molecule has 0 radical (unpaired) electrons. The lowest BCUT2D eigenvalue weighted by atomic mass is 10.1. The number of nitrogens with zero attached hydrogens (tertiary/aromatic N) is 2. The van der Waals surface area contributed by atoms with Gasteiger partial charge in [0.05, 0.1) is 13.2 Å². The van der Waals surface area contributed by atoms with E-state index in [-0.39, 0.29) is 24.0 Å². The van der Waals surface area contributed by atoms with Gasteiger partial charge in [-0.1, -0.05) is 24.3 Å². The third-order valence-electron chi connectivity index (χ3n) is 3.41. The Kier molecular flexibility index (Phi) is 7.91. The zero-order valence-electron chi connectivity index (χ0n) is 12.0. The lowest BCUT2D eigenvalue weighted by Gasteiger charge is -2.27. The molecule has 2 N–H and O–H groups in total. The average Bonchev–Trinajstić information content (AvgIpc) is 2.46. The normalized spacial score (nSPS) is 15.8. The SMILES string of the molecule is COCc1cccc(CN=C(N)N2CCCCC2)c1.I. The van der Waals surface area contributed by atoms with Crippen LogP contribution in [0.4, 0.5) is 0 Å². The maximum Gasteiger partial charge on any atom is 0.191 e. The minimum absolute atomic E-state index is 0. The summed E-state index contributed by atoms with van der Waals surface area (Å²) in [4.78, 5) is 6.68. The van der Waals surface area contributed by atoms with E-state index in [9.17, 15) is 0 Å². The van der Waals surface area contributed by atoms with Crippen LogP contribution in [0.15, 0.2) is 29.3 Å². The number of nitrogens with two attached hydrogens (primary N) is 1. The number of halogens is 1. The van der Waals surface area contributed by atoms with Crippen molar-refractivity contribution in [3.63, 3.8) is 0 Å². The van der Waals surface area contributed by atoms with Crippen molar-refractivity contribution >= 4 is 29.9 Å². The fourth-order valence-electron chi connectivity index (χ4n) is 2.38. The molecule has 0 aliphatic carbocycles. The Bertz CT molecular complexity index is 431. The van der Waals surface area contributed by atoms with E-state index in [1.165, 1.54) is 30.4 Å². The number of likely N-dealkylation sites (tertiary alicyclic amines) is 1. The summed E-state index contributed by atoms with van der Waals surface area (Å²) in [5.41, 5.74) is 8.39. The fraction of sp³-hybridized carbons (Fsp3) is 0.533. The smallest absolute Gasteiger partial charge is 0.191 e. The maximum absolute atomic E-state index is 6.04. The molecule has 20 heavy (non-hydrogen) atoms. The molecular weight excluding hydrogens is 365 g/mol. The number of guanidine groups is 1. The highest BCUT2D eigenvalue weighted by Gasteiger charge is 2.11. The van der Waals surface area contributed by atoms with E-state index in [1.54, 1.807) is 7.11 Å². The van der Waals surface area contributed by atoms with Gasteiger partial charge in [-0.25, -0.2) is 4.99 Å². The molecule has 1 saturated heterocycles. The molecule has 1 aliphatic rings. The van der Waals surface area contributed by atoms with Gasteiger partial charge < -0.3 is 15.4 Å². The molecule has 0 atom stereocenters. The summed E-state index contributed by atoms with van der Waals surface area (Å²) in [5.74, 6) is 0.678. The molecule has 1 aromatic rings. The van der Waals surface area contributed by atoms with Crippen LogP contribution in [0.25, 0.3) is 0 Å². The van der Waals surface area contributed by atoms with Gasteiger partial charge in [0, 0.05) is 20.2 Å². The predicted molar refractivity (Wildman–Crippen MR) is 93.3 cm³/mol. The molecule has 1 heterocycles. The number of aliphatic imine (C=N–C) groups is 1. The van der Waals surface area contributed by atoms with Gasteiger partial charge in [-0.3, -0.25) is 0 Å². The van der Waals surface area contributed by atoms with Gasteiger partial charge in [0.25, 0.3) is 0 Å². The van der Waals surface area contributed by atoms with Crippen molar-refractivity contribution in [2.24, 2.45) is 10.7 Å². The molecular formula is C15H24IN3O. The Morgan fingerprint density at radius 1 is 1.25 bits per heavy atom. The van der Waals surface area contributed by atoms with Crippen LogP contribution in [0, 0.1) is 0 Å². The Labute approximate surface area is 138 Å². The van der Waals surface area contributed by atoms with Crippen molar-refractivity contribution in [2.45, 2.75) is 32.4 Å². The number of piperidine rings is 1. The molecule has 5 heteroatoms. The van der Waals surface area contributed by atoms with Crippen LogP contribution < -0.4 is 5.73 Å². The standard InChI is InChI=1S/C15H23N3O.HI/c1-19-12-14-7-5-6-13(10-14)11-17-15(16)18-8-3-2-4-9-18;/h5-7,10H,2-4,8-9,11-12H2,1H3,(H2,16,17);1H. The van der Waals surface area contributed by atoms with Gasteiger partial charge in [-0.05, 0) is 30.4 Å². The monoisotopic (exact) mass is 389 g/mol. The number of ether oxygens (including phenoxy) is 1. The number of rotatable bonds is 4. The van der Waals surface area contributed by atoms with Crippen LogP contribution in [0.5, 0.6) is 0 Å². The lowest BCUT2D eigenvalue weighted by Crippen LogP contribution is -2.40. The Morgan fingerprint density at radius 2 is 1.95 bits per heavy atom. The van der Waals surface area contributed by atoms with Crippen LogP contribution >= 0.6 is 24.0 Å². The second-order valence-electron chi connectivity index (χ2n) is 4.98. The number of hydrogen-bond acceptors (Lipinski definition) is 2. The van der Waals surface area contributed by atoms with Crippen LogP contribution in [0.2, 0.25) is 0 Å². The van der Waals surface area contributed by atoms with Gasteiger partial charge in [-0.2, -0.15) is 0 Å². The molecule has 2 rings (SSSR count). The second kappa shape index (κ2) is 9.18. The van der Waals surface area contributed by atoms with Crippen molar-refractivity contribution in [1.82, 2.24) is 4.90 Å². The predicted octanol–water partition coefficient (Wildman–Crippen LogP) is 2.75. The van der Waals surface area contributed by atoms with Crippen molar-refractivity contribution in [2.75, 3.05) is 20.2 Å². The van der Waals surface area contributed by atoms with Crippen molar-refractivity contribution in [3.8, 4) is 0 Å². The summed E-state index contributed by atoms with van der Waals surface area (Å²) in [6, 6.07) is 8.30. The minimum atomic E-state index is 0. The Balaban J connectivity index is 0.00000200. The van der Waals surface area contributed by atoms with E-state index < -0.39 is 0 Å². The number of benzene rings is 1. The highest BCUT2D eigenvalue weighted by atomic mass is 127. The van der Waals surface area contributed by atoms with Gasteiger partial charge in [0.2, 0.25) is 0 Å². The third kappa shape index (κ3) is 5.28. The summed E-state index contributed by atoms with van der Waals surface area (Å²) in [7, 11) is 1.71. The Hall–Kier alpha value is -0.820. The molecule has 112 valence electrons. The first-order chi connectivity index (χ1) is 9.29. The molecule has 0 bridgehead atoms. The molecule has 0 unspecified atom stereocenters. The zero-order valence-corrected chi connectivity index (χ0v) is 14.4. The van der Waals surface area contributed by atoms with E-state index in [0.717, 1.165) is 13.1 Å². The molecule has 4 nitrogen and oxygen atoms in total. The molecule has 0 amide bonds. The van der Waals surface area contributed by atoms with Crippen LogP contribution in [0.3, 0.4) is 0 Å². The molecule has 1 fully saturated rings. The molecule has 0 aromatic heterocycles. The zero-order chi connectivity index (χ0) is 13.5. The summed E-state index contributed by atoms with van der Waals surface area (Å²) in [6.07, 6.45) is 3.75. The summed E-state index contributed by atoms with van der Waals surface area (Å²) in [6.45, 7) is 3.36. The minimum Gasteiger partial charge on any atom is -0.380 e. The highest BCUT2D eigenvalue weighted by molar-refractivity contribution is 14.0. The van der Waals surface area contributed by atoms with Crippen LogP contribution in [-0.2, 0) is 17.9 Å². The second-order valence-corrected chi connectivity index (χ2v) is 4.98. The summed E-state index contributed by atoms with van der Waals surface area (Å²) < 4.78 is 5.13. The van der Waals surface area contributed by atoms with Crippen molar-refractivity contribution in [3.05, 3.63) is 35.4 Å². The summed E-state index contributed by atoms with van der Waals surface area (Å²) in [5, 5.41) is 0. The van der Waals surface area contributed by atoms with Crippen molar-refractivity contribution < 1.29 is 4.74 Å². The van der Waals surface area contributed by atoms with E-state index >= 15 is 0 Å². The fourth-order valence-corrected chi connectivity index (χ4v) is 2.38. The van der Waals surface area contributed by atoms with Gasteiger partial charge in [0.15, 0.2) is 5.96 Å². The maximum atomic E-state index is 6.04. The highest BCUT2D eigenvalue weighted by Crippen LogP contribution is 2.10. The molecule has 1 aromatic carbocycles. The number of methoxy groups -OCH3 is 1. The largest absolute Gasteiger partial charge is 0.380 e. The first kappa shape index (κ1) is 17.2. The third-order valence-corrected chi connectivity index (χ3v) is 3.41. The van der Waals surface area contributed by atoms with Crippen molar-refractivity contribution in [1.29, 1.82) is 0 Å². The molecule has 0 spiro atoms. The van der Waals surface area contributed by atoms with E-state index in [1.807, 2.05) is 6.07 Å². The van der Waals surface area contributed by atoms with E-state index in [2.05, 4.69) is 28.1 Å². The van der Waals surface area contributed by atoms with Gasteiger partial charge in [-0.15, -0.1) is 24.0 Å². The van der Waals surface area contributed by atoms with E-state index in [0.29, 0.717) is 19.1 Å². The first-order valence-electron chi connectivity index (χ1n) is 6.91. The number of hydrogen-bond donors (Lipinski definition) is 1. The topological polar surface area (TPSA) is 50.9 Å². The van der Waals surface area contributed by atoms with Gasteiger partial charge in [0.1, 0.15) is 0 Å². The molecule has 1 aliphatic heterocycles. The molecule has 0 saturated carbocycles. The van der Waals surface area contributed by atoms with Crippen LogP contribution in [-0.4, -0.2) is 31.1 Å².